The number of carboxylic acid groups (broad SMARTS) is 1. The Hall–Kier alpha value is -2.12. The Morgan fingerprint density at radius 3 is 2.50 bits per heavy atom. The molecule has 0 spiro atoms. The molecule has 0 radical (unpaired) electrons. The number of nitrogens with one attached hydrogen (secondary N) is 2. The van der Waals surface area contributed by atoms with Gasteiger partial charge in [0.2, 0.25) is 5.91 Å². The van der Waals surface area contributed by atoms with E-state index >= 15 is 0 Å². The van der Waals surface area contributed by atoms with Crippen LogP contribution in [0.3, 0.4) is 0 Å². The molecule has 1 aromatic rings. The highest BCUT2D eigenvalue weighted by Crippen LogP contribution is 2.09. The molecule has 0 aromatic heterocycles. The average Bonchev–Trinajstić information content (AvgIpc) is 2.51. The fourth-order valence-electron chi connectivity index (χ4n) is 1.76. The van der Waals surface area contributed by atoms with Gasteiger partial charge < -0.3 is 20.3 Å². The minimum atomic E-state index is -1.04. The summed E-state index contributed by atoms with van der Waals surface area (Å²) in [5, 5.41) is 24.2. The number of carbonyl (C=O) groups is 2. The van der Waals surface area contributed by atoms with Crippen LogP contribution in [-0.2, 0) is 9.59 Å². The minimum Gasteiger partial charge on any atom is -0.491 e. The topological polar surface area (TPSA) is 108 Å². The number of aliphatic carboxylic acids is 1. The number of likely N-dealkylation sites (N-methyl/N-ethyl adjacent to an activating group) is 1. The van der Waals surface area contributed by atoms with Crippen molar-refractivity contribution >= 4 is 11.9 Å². The Morgan fingerprint density at radius 1 is 1.23 bits per heavy atom. The molecule has 7 heteroatoms. The third-order valence-corrected chi connectivity index (χ3v) is 2.86. The van der Waals surface area contributed by atoms with Gasteiger partial charge in [0, 0.05) is 6.42 Å². The number of ether oxygens (including phenoxy) is 1. The summed E-state index contributed by atoms with van der Waals surface area (Å²) >= 11 is 0. The Labute approximate surface area is 129 Å². The molecule has 4 N–H and O–H groups in total. The van der Waals surface area contributed by atoms with E-state index in [1.54, 1.807) is 12.1 Å². The first kappa shape index (κ1) is 17.9. The highest BCUT2D eigenvalue weighted by molar-refractivity contribution is 5.80. The summed E-state index contributed by atoms with van der Waals surface area (Å²) in [4.78, 5) is 22.1. The highest BCUT2D eigenvalue weighted by Gasteiger charge is 2.21. The summed E-state index contributed by atoms with van der Waals surface area (Å²) in [5.41, 5.74) is 0. The summed E-state index contributed by atoms with van der Waals surface area (Å²) < 4.78 is 5.44. The minimum absolute atomic E-state index is 0.000883. The van der Waals surface area contributed by atoms with Crippen molar-refractivity contribution in [1.29, 1.82) is 0 Å². The van der Waals surface area contributed by atoms with Crippen LogP contribution in [0.4, 0.5) is 0 Å². The maximum absolute atomic E-state index is 11.6. The zero-order chi connectivity index (χ0) is 16.4. The SMILES string of the molecule is CCNC(NC(=O)CCC(=O)O)C(O)COc1ccccc1. The lowest BCUT2D eigenvalue weighted by atomic mass is 10.2. The molecule has 0 fully saturated rings. The van der Waals surface area contributed by atoms with E-state index in [1.807, 2.05) is 25.1 Å². The van der Waals surface area contributed by atoms with E-state index < -0.39 is 24.1 Å². The van der Waals surface area contributed by atoms with Crippen LogP contribution in [0, 0.1) is 0 Å². The number of amides is 1. The van der Waals surface area contributed by atoms with Gasteiger partial charge in [0.1, 0.15) is 24.6 Å². The monoisotopic (exact) mass is 310 g/mol. The van der Waals surface area contributed by atoms with E-state index in [0.29, 0.717) is 12.3 Å². The van der Waals surface area contributed by atoms with Crippen LogP contribution >= 0.6 is 0 Å². The van der Waals surface area contributed by atoms with Crippen molar-refractivity contribution < 1.29 is 24.5 Å². The first-order chi connectivity index (χ1) is 10.5. The number of hydrogen-bond donors (Lipinski definition) is 4. The standard InChI is InChI=1S/C15H22N2O5/c1-2-16-15(17-13(19)8-9-14(20)21)12(18)10-22-11-6-4-3-5-7-11/h3-7,12,15-16,18H,2,8-10H2,1H3,(H,17,19)(H,20,21). The zero-order valence-corrected chi connectivity index (χ0v) is 12.5. The van der Waals surface area contributed by atoms with Crippen LogP contribution in [0.25, 0.3) is 0 Å². The second-order valence-electron chi connectivity index (χ2n) is 4.69. The first-order valence-corrected chi connectivity index (χ1v) is 7.13. The van der Waals surface area contributed by atoms with Crippen LogP contribution in [0.15, 0.2) is 30.3 Å². The molecule has 122 valence electrons. The molecule has 0 bridgehead atoms. The number of hydrogen-bond acceptors (Lipinski definition) is 5. The van der Waals surface area contributed by atoms with Gasteiger partial charge in [-0.15, -0.1) is 0 Å². The van der Waals surface area contributed by atoms with E-state index in [9.17, 15) is 14.7 Å². The average molecular weight is 310 g/mol. The quantitative estimate of drug-likeness (QED) is 0.464. The maximum atomic E-state index is 11.6. The summed E-state index contributed by atoms with van der Waals surface area (Å²) in [6.07, 6.45) is -2.05. The van der Waals surface area contributed by atoms with Gasteiger partial charge in [0.05, 0.1) is 6.42 Å². The van der Waals surface area contributed by atoms with Gasteiger partial charge in [0.25, 0.3) is 0 Å². The summed E-state index contributed by atoms with van der Waals surface area (Å²) in [7, 11) is 0. The molecule has 0 aliphatic rings. The predicted octanol–water partition coefficient (Wildman–Crippen LogP) is 0.343. The van der Waals surface area contributed by atoms with Crippen LogP contribution in [0.1, 0.15) is 19.8 Å². The van der Waals surface area contributed by atoms with Crippen LogP contribution in [0.5, 0.6) is 5.75 Å². The largest absolute Gasteiger partial charge is 0.491 e. The molecular formula is C15H22N2O5. The van der Waals surface area contributed by atoms with E-state index in [4.69, 9.17) is 9.84 Å². The number of aliphatic hydroxyl groups is 1. The highest BCUT2D eigenvalue weighted by atomic mass is 16.5. The number of benzene rings is 1. The van der Waals surface area contributed by atoms with Gasteiger partial charge in [-0.1, -0.05) is 25.1 Å². The fourth-order valence-corrected chi connectivity index (χ4v) is 1.76. The first-order valence-electron chi connectivity index (χ1n) is 7.13. The summed E-state index contributed by atoms with van der Waals surface area (Å²) in [6, 6.07) is 9.02. The molecule has 1 rings (SSSR count). The Bertz CT molecular complexity index is 466. The van der Waals surface area contributed by atoms with E-state index in [-0.39, 0.29) is 19.4 Å². The molecule has 1 aromatic carbocycles. The molecule has 2 atom stereocenters. The normalized spacial score (nSPS) is 13.2. The summed E-state index contributed by atoms with van der Waals surface area (Å²) in [5.74, 6) is -0.857. The second kappa shape index (κ2) is 9.75. The van der Waals surface area contributed by atoms with Gasteiger partial charge in [0.15, 0.2) is 0 Å². The van der Waals surface area contributed by atoms with E-state index in [1.165, 1.54) is 0 Å². The molecule has 0 heterocycles. The molecule has 22 heavy (non-hydrogen) atoms. The molecule has 0 saturated heterocycles. The molecule has 0 aliphatic carbocycles. The number of rotatable bonds is 10. The maximum Gasteiger partial charge on any atom is 0.303 e. The zero-order valence-electron chi connectivity index (χ0n) is 12.5. The molecule has 7 nitrogen and oxygen atoms in total. The lowest BCUT2D eigenvalue weighted by Crippen LogP contribution is -2.54. The predicted molar refractivity (Wildman–Crippen MR) is 80.4 cm³/mol. The van der Waals surface area contributed by atoms with Crippen molar-refractivity contribution in [2.24, 2.45) is 0 Å². The number of carbonyl (C=O) groups excluding carboxylic acids is 1. The molecule has 2 unspecified atom stereocenters. The van der Waals surface area contributed by atoms with Crippen LogP contribution in [-0.4, -0.2) is 47.5 Å². The van der Waals surface area contributed by atoms with Crippen molar-refractivity contribution in [3.63, 3.8) is 0 Å². The van der Waals surface area contributed by atoms with Gasteiger partial charge in [-0.3, -0.25) is 14.9 Å². The second-order valence-corrected chi connectivity index (χ2v) is 4.69. The molecule has 0 aliphatic heterocycles. The number of aliphatic hydroxyl groups excluding tert-OH is 1. The van der Waals surface area contributed by atoms with Crippen molar-refractivity contribution in [2.75, 3.05) is 13.2 Å². The third kappa shape index (κ3) is 7.05. The lowest BCUT2D eigenvalue weighted by Gasteiger charge is -2.25. The molecule has 1 amide bonds. The molecular weight excluding hydrogens is 288 g/mol. The van der Waals surface area contributed by atoms with Gasteiger partial charge in [-0.2, -0.15) is 0 Å². The van der Waals surface area contributed by atoms with E-state index in [2.05, 4.69) is 10.6 Å². The fraction of sp³-hybridized carbons (Fsp3) is 0.467. The van der Waals surface area contributed by atoms with Gasteiger partial charge in [-0.05, 0) is 18.7 Å². The number of carboxylic acids is 1. The Balaban J connectivity index is 2.46. The smallest absolute Gasteiger partial charge is 0.303 e. The van der Waals surface area contributed by atoms with Gasteiger partial charge >= 0.3 is 5.97 Å². The van der Waals surface area contributed by atoms with Crippen molar-refractivity contribution in [1.82, 2.24) is 10.6 Å². The Morgan fingerprint density at radius 2 is 1.91 bits per heavy atom. The lowest BCUT2D eigenvalue weighted by molar-refractivity contribution is -0.139. The van der Waals surface area contributed by atoms with Gasteiger partial charge in [-0.25, -0.2) is 0 Å². The molecule has 0 saturated carbocycles. The Kier molecular flexibility index (Phi) is 7.95. The van der Waals surface area contributed by atoms with Crippen molar-refractivity contribution in [2.45, 2.75) is 32.0 Å². The third-order valence-electron chi connectivity index (χ3n) is 2.86. The van der Waals surface area contributed by atoms with Crippen molar-refractivity contribution in [3.8, 4) is 5.75 Å². The van der Waals surface area contributed by atoms with Crippen molar-refractivity contribution in [3.05, 3.63) is 30.3 Å². The number of para-hydroxylation sites is 1. The van der Waals surface area contributed by atoms with Crippen LogP contribution < -0.4 is 15.4 Å². The van der Waals surface area contributed by atoms with Crippen LogP contribution in [0.2, 0.25) is 0 Å². The summed E-state index contributed by atoms with van der Waals surface area (Å²) in [6.45, 7) is 2.37. The van der Waals surface area contributed by atoms with E-state index in [0.717, 1.165) is 0 Å².